The highest BCUT2D eigenvalue weighted by molar-refractivity contribution is 5.91. The molecule has 20 heavy (non-hydrogen) atoms. The number of piperidine rings is 1. The summed E-state index contributed by atoms with van der Waals surface area (Å²) in [6.07, 6.45) is 4.56. The quantitative estimate of drug-likeness (QED) is 0.922. The maximum Gasteiger partial charge on any atom is 0.133 e. The van der Waals surface area contributed by atoms with Gasteiger partial charge in [0.2, 0.25) is 0 Å². The van der Waals surface area contributed by atoms with E-state index in [-0.39, 0.29) is 0 Å². The number of likely N-dealkylation sites (tertiary alicyclic amines) is 1. The van der Waals surface area contributed by atoms with Crippen molar-refractivity contribution in [2.75, 3.05) is 31.5 Å². The Labute approximate surface area is 121 Å². The van der Waals surface area contributed by atoms with Crippen molar-refractivity contribution in [1.82, 2.24) is 9.88 Å². The molecule has 0 spiro atoms. The van der Waals surface area contributed by atoms with Gasteiger partial charge in [-0.15, -0.1) is 0 Å². The van der Waals surface area contributed by atoms with E-state index in [1.165, 1.54) is 36.7 Å². The summed E-state index contributed by atoms with van der Waals surface area (Å²) in [5.41, 5.74) is 0. The fourth-order valence-corrected chi connectivity index (χ4v) is 2.88. The molecule has 1 aromatic heterocycles. The zero-order valence-electron chi connectivity index (χ0n) is 12.2. The Morgan fingerprint density at radius 3 is 2.85 bits per heavy atom. The summed E-state index contributed by atoms with van der Waals surface area (Å²) >= 11 is 0. The molecular formula is C17H23N3. The highest BCUT2D eigenvalue weighted by Gasteiger charge is 2.14. The van der Waals surface area contributed by atoms with Gasteiger partial charge in [-0.3, -0.25) is 0 Å². The monoisotopic (exact) mass is 269 g/mol. The van der Waals surface area contributed by atoms with Gasteiger partial charge in [0.25, 0.3) is 0 Å². The van der Waals surface area contributed by atoms with E-state index in [4.69, 9.17) is 0 Å². The molecule has 2 aromatic rings. The maximum atomic E-state index is 4.47. The van der Waals surface area contributed by atoms with Crippen LogP contribution in [-0.4, -0.2) is 36.1 Å². The highest BCUT2D eigenvalue weighted by atomic mass is 15.1. The normalized spacial score (nSPS) is 17.4. The first-order chi connectivity index (χ1) is 9.83. The third-order valence-corrected chi connectivity index (χ3v) is 4.27. The van der Waals surface area contributed by atoms with Gasteiger partial charge in [-0.05, 0) is 43.3 Å². The molecule has 3 nitrogen and oxygen atoms in total. The number of fused-ring (bicyclic) bond motifs is 1. The minimum Gasteiger partial charge on any atom is -0.368 e. The van der Waals surface area contributed by atoms with Crippen LogP contribution >= 0.6 is 0 Å². The fourth-order valence-electron chi connectivity index (χ4n) is 2.88. The molecule has 1 aromatic carbocycles. The SMILES string of the molecule is CC1CCN(CCNc2nccc3ccccc23)CC1. The van der Waals surface area contributed by atoms with Gasteiger partial charge >= 0.3 is 0 Å². The van der Waals surface area contributed by atoms with E-state index in [0.29, 0.717) is 0 Å². The van der Waals surface area contributed by atoms with E-state index >= 15 is 0 Å². The minimum atomic E-state index is 0.902. The van der Waals surface area contributed by atoms with Crippen molar-refractivity contribution >= 4 is 16.6 Å². The van der Waals surface area contributed by atoms with E-state index in [1.54, 1.807) is 0 Å². The lowest BCUT2D eigenvalue weighted by molar-refractivity contribution is 0.199. The summed E-state index contributed by atoms with van der Waals surface area (Å²) in [6, 6.07) is 10.5. The van der Waals surface area contributed by atoms with Crippen LogP contribution in [0.4, 0.5) is 5.82 Å². The molecule has 0 saturated carbocycles. The Morgan fingerprint density at radius 1 is 1.20 bits per heavy atom. The molecule has 0 unspecified atom stereocenters. The van der Waals surface area contributed by atoms with E-state index in [2.05, 4.69) is 52.5 Å². The maximum absolute atomic E-state index is 4.47. The van der Waals surface area contributed by atoms with Crippen LogP contribution in [0.5, 0.6) is 0 Å². The van der Waals surface area contributed by atoms with Crippen LogP contribution < -0.4 is 5.32 Å². The molecule has 0 radical (unpaired) electrons. The number of benzene rings is 1. The van der Waals surface area contributed by atoms with Crippen LogP contribution in [0.2, 0.25) is 0 Å². The first-order valence-corrected chi connectivity index (χ1v) is 7.63. The summed E-state index contributed by atoms with van der Waals surface area (Å²) in [4.78, 5) is 7.03. The summed E-state index contributed by atoms with van der Waals surface area (Å²) in [7, 11) is 0. The minimum absolute atomic E-state index is 0.902. The van der Waals surface area contributed by atoms with Crippen molar-refractivity contribution in [2.24, 2.45) is 5.92 Å². The summed E-state index contributed by atoms with van der Waals surface area (Å²) < 4.78 is 0. The molecule has 1 aliphatic rings. The number of hydrogen-bond acceptors (Lipinski definition) is 3. The first kappa shape index (κ1) is 13.4. The van der Waals surface area contributed by atoms with Crippen molar-refractivity contribution in [3.05, 3.63) is 36.5 Å². The second-order valence-electron chi connectivity index (χ2n) is 5.83. The summed E-state index contributed by atoms with van der Waals surface area (Å²) in [5.74, 6) is 1.91. The Morgan fingerprint density at radius 2 is 2.00 bits per heavy atom. The Balaban J connectivity index is 1.57. The second kappa shape index (κ2) is 6.23. The summed E-state index contributed by atoms with van der Waals surface area (Å²) in [6.45, 7) is 6.92. The molecule has 106 valence electrons. The number of nitrogens with one attached hydrogen (secondary N) is 1. The number of rotatable bonds is 4. The predicted molar refractivity (Wildman–Crippen MR) is 85.1 cm³/mol. The lowest BCUT2D eigenvalue weighted by atomic mass is 9.99. The van der Waals surface area contributed by atoms with Gasteiger partial charge in [0, 0.05) is 24.7 Å². The average molecular weight is 269 g/mol. The second-order valence-corrected chi connectivity index (χ2v) is 5.83. The molecule has 1 aliphatic heterocycles. The van der Waals surface area contributed by atoms with Gasteiger partial charge in [-0.1, -0.05) is 31.2 Å². The standard InChI is InChI=1S/C17H23N3/c1-14-7-11-20(12-8-14)13-10-19-17-16-5-3-2-4-15(16)6-9-18-17/h2-6,9,14H,7-8,10-13H2,1H3,(H,18,19). The van der Waals surface area contributed by atoms with Crippen molar-refractivity contribution in [1.29, 1.82) is 0 Å². The first-order valence-electron chi connectivity index (χ1n) is 7.63. The van der Waals surface area contributed by atoms with Gasteiger partial charge in [-0.25, -0.2) is 4.98 Å². The molecule has 2 heterocycles. The molecule has 0 atom stereocenters. The van der Waals surface area contributed by atoms with Crippen LogP contribution in [0.3, 0.4) is 0 Å². The van der Waals surface area contributed by atoms with Crippen LogP contribution in [-0.2, 0) is 0 Å². The number of hydrogen-bond donors (Lipinski definition) is 1. The van der Waals surface area contributed by atoms with Crippen LogP contribution in [0.25, 0.3) is 10.8 Å². The molecule has 1 fully saturated rings. The summed E-state index contributed by atoms with van der Waals surface area (Å²) in [5, 5.41) is 5.95. The zero-order chi connectivity index (χ0) is 13.8. The Hall–Kier alpha value is -1.61. The fraction of sp³-hybridized carbons (Fsp3) is 0.471. The van der Waals surface area contributed by atoms with Crippen LogP contribution in [0.15, 0.2) is 36.5 Å². The average Bonchev–Trinajstić information content (AvgIpc) is 2.49. The van der Waals surface area contributed by atoms with Crippen molar-refractivity contribution < 1.29 is 0 Å². The third-order valence-electron chi connectivity index (χ3n) is 4.27. The van der Waals surface area contributed by atoms with Gasteiger partial charge in [0.15, 0.2) is 0 Å². The van der Waals surface area contributed by atoms with Gasteiger partial charge < -0.3 is 10.2 Å². The highest BCUT2D eigenvalue weighted by Crippen LogP contribution is 2.20. The van der Waals surface area contributed by atoms with Crippen molar-refractivity contribution in [3.63, 3.8) is 0 Å². The van der Waals surface area contributed by atoms with Gasteiger partial charge in [0.1, 0.15) is 5.82 Å². The Bertz CT molecular complexity index is 554. The molecule has 1 saturated heterocycles. The van der Waals surface area contributed by atoms with Crippen molar-refractivity contribution in [3.8, 4) is 0 Å². The number of nitrogens with zero attached hydrogens (tertiary/aromatic N) is 2. The largest absolute Gasteiger partial charge is 0.368 e. The van der Waals surface area contributed by atoms with E-state index < -0.39 is 0 Å². The van der Waals surface area contributed by atoms with Gasteiger partial charge in [0.05, 0.1) is 0 Å². The topological polar surface area (TPSA) is 28.2 Å². The van der Waals surface area contributed by atoms with Crippen LogP contribution in [0, 0.1) is 5.92 Å². The van der Waals surface area contributed by atoms with Crippen LogP contribution in [0.1, 0.15) is 19.8 Å². The van der Waals surface area contributed by atoms with Crippen molar-refractivity contribution in [2.45, 2.75) is 19.8 Å². The van der Waals surface area contributed by atoms with E-state index in [0.717, 1.165) is 24.8 Å². The lowest BCUT2D eigenvalue weighted by Gasteiger charge is -2.30. The molecule has 1 N–H and O–H groups in total. The molecule has 0 aliphatic carbocycles. The van der Waals surface area contributed by atoms with Gasteiger partial charge in [-0.2, -0.15) is 0 Å². The van der Waals surface area contributed by atoms with E-state index in [9.17, 15) is 0 Å². The lowest BCUT2D eigenvalue weighted by Crippen LogP contribution is -2.36. The zero-order valence-corrected chi connectivity index (χ0v) is 12.2. The number of pyridine rings is 1. The Kier molecular flexibility index (Phi) is 4.16. The number of anilines is 1. The predicted octanol–water partition coefficient (Wildman–Crippen LogP) is 3.38. The van der Waals surface area contributed by atoms with E-state index in [1.807, 2.05) is 6.20 Å². The molecule has 3 heteroatoms. The molecule has 0 bridgehead atoms. The molecular weight excluding hydrogens is 246 g/mol. The number of aromatic nitrogens is 1. The molecule has 0 amide bonds. The molecule has 3 rings (SSSR count). The third kappa shape index (κ3) is 3.10. The smallest absolute Gasteiger partial charge is 0.133 e.